The van der Waals surface area contributed by atoms with Crippen LogP contribution in [0, 0.1) is 0 Å². The molecule has 0 aliphatic rings. The lowest BCUT2D eigenvalue weighted by Crippen LogP contribution is -2.04. The predicted octanol–water partition coefficient (Wildman–Crippen LogP) is 2.30. The highest BCUT2D eigenvalue weighted by molar-refractivity contribution is 8.00. The summed E-state index contributed by atoms with van der Waals surface area (Å²) in [6, 6.07) is 3.80. The highest BCUT2D eigenvalue weighted by Gasteiger charge is 2.07. The standard InChI is InChI=1S/C8H10O2S2/c1-10-5-6(9)7-3-4-8(11-2)12-7/h3-4H,5H2,1-2H3. The summed E-state index contributed by atoms with van der Waals surface area (Å²) in [6.45, 7) is 0.175. The number of hydrogen-bond acceptors (Lipinski definition) is 4. The maximum Gasteiger partial charge on any atom is 0.198 e. The zero-order chi connectivity index (χ0) is 8.97. The summed E-state index contributed by atoms with van der Waals surface area (Å²) in [4.78, 5) is 12.0. The van der Waals surface area contributed by atoms with Gasteiger partial charge >= 0.3 is 0 Å². The molecule has 0 aromatic carbocycles. The molecule has 0 N–H and O–H groups in total. The van der Waals surface area contributed by atoms with Gasteiger partial charge in [-0.3, -0.25) is 4.79 Å². The molecule has 0 bridgehead atoms. The number of carbonyl (C=O) groups excluding carboxylic acids is 1. The van der Waals surface area contributed by atoms with Crippen molar-refractivity contribution in [2.45, 2.75) is 4.21 Å². The molecule has 0 spiro atoms. The molecule has 0 atom stereocenters. The van der Waals surface area contributed by atoms with E-state index in [1.807, 2.05) is 18.4 Å². The van der Waals surface area contributed by atoms with Gasteiger partial charge in [0.05, 0.1) is 9.09 Å². The van der Waals surface area contributed by atoms with E-state index in [1.165, 1.54) is 18.4 Å². The van der Waals surface area contributed by atoms with Crippen LogP contribution in [0.15, 0.2) is 16.3 Å². The molecule has 2 nitrogen and oxygen atoms in total. The third-order valence-electron chi connectivity index (χ3n) is 1.33. The fraction of sp³-hybridized carbons (Fsp3) is 0.375. The minimum atomic E-state index is 0.0581. The van der Waals surface area contributed by atoms with Crippen molar-refractivity contribution in [1.82, 2.24) is 0 Å². The average Bonchev–Trinajstić information content (AvgIpc) is 2.52. The summed E-state index contributed by atoms with van der Waals surface area (Å²) in [5.41, 5.74) is 0. The van der Waals surface area contributed by atoms with Crippen molar-refractivity contribution >= 4 is 28.9 Å². The Morgan fingerprint density at radius 2 is 2.42 bits per heavy atom. The fourth-order valence-electron chi connectivity index (χ4n) is 0.782. The van der Waals surface area contributed by atoms with Gasteiger partial charge in [0.25, 0.3) is 0 Å². The van der Waals surface area contributed by atoms with Gasteiger partial charge in [0, 0.05) is 7.11 Å². The van der Waals surface area contributed by atoms with Gasteiger partial charge in [-0.1, -0.05) is 0 Å². The molecule has 0 radical (unpaired) electrons. The van der Waals surface area contributed by atoms with E-state index in [0.29, 0.717) is 0 Å². The number of carbonyl (C=O) groups is 1. The zero-order valence-corrected chi connectivity index (χ0v) is 8.63. The van der Waals surface area contributed by atoms with Crippen molar-refractivity contribution in [3.05, 3.63) is 17.0 Å². The minimum absolute atomic E-state index is 0.0581. The van der Waals surface area contributed by atoms with E-state index in [-0.39, 0.29) is 12.4 Å². The molecule has 0 aliphatic carbocycles. The SMILES string of the molecule is COCC(=O)c1ccc(SC)s1. The molecule has 12 heavy (non-hydrogen) atoms. The van der Waals surface area contributed by atoms with Crippen LogP contribution in [0.3, 0.4) is 0 Å². The Morgan fingerprint density at radius 3 is 2.92 bits per heavy atom. The lowest BCUT2D eigenvalue weighted by molar-refractivity contribution is 0.0852. The van der Waals surface area contributed by atoms with Gasteiger partial charge in [-0.2, -0.15) is 0 Å². The number of thioether (sulfide) groups is 1. The Morgan fingerprint density at radius 1 is 1.67 bits per heavy atom. The van der Waals surface area contributed by atoms with E-state index in [1.54, 1.807) is 11.8 Å². The first kappa shape index (κ1) is 9.77. The Labute approximate surface area is 79.9 Å². The van der Waals surface area contributed by atoms with E-state index < -0.39 is 0 Å². The first-order valence-corrected chi connectivity index (χ1v) is 5.48. The Balaban J connectivity index is 2.68. The number of Topliss-reactive ketones (excluding diaryl/α,β-unsaturated/α-hetero) is 1. The van der Waals surface area contributed by atoms with Crippen molar-refractivity contribution < 1.29 is 9.53 Å². The molecular formula is C8H10O2S2. The average molecular weight is 202 g/mol. The third kappa shape index (κ3) is 2.33. The molecule has 0 aliphatic heterocycles. The van der Waals surface area contributed by atoms with Crippen molar-refractivity contribution in [3.63, 3.8) is 0 Å². The zero-order valence-electron chi connectivity index (χ0n) is 6.99. The number of ketones is 1. The van der Waals surface area contributed by atoms with Gasteiger partial charge in [0.1, 0.15) is 6.61 Å². The third-order valence-corrected chi connectivity index (χ3v) is 3.54. The summed E-state index contributed by atoms with van der Waals surface area (Å²) >= 11 is 3.16. The van der Waals surface area contributed by atoms with Crippen LogP contribution in [0.2, 0.25) is 0 Å². The second-order valence-electron chi connectivity index (χ2n) is 2.18. The van der Waals surface area contributed by atoms with Crippen LogP contribution >= 0.6 is 23.1 Å². The van der Waals surface area contributed by atoms with Gasteiger partial charge in [0.15, 0.2) is 5.78 Å². The normalized spacial score (nSPS) is 10.2. The van der Waals surface area contributed by atoms with Gasteiger partial charge < -0.3 is 4.74 Å². The van der Waals surface area contributed by atoms with Crippen molar-refractivity contribution in [1.29, 1.82) is 0 Å². The summed E-state index contributed by atoms with van der Waals surface area (Å²) in [7, 11) is 1.53. The van der Waals surface area contributed by atoms with E-state index in [2.05, 4.69) is 0 Å². The highest BCUT2D eigenvalue weighted by atomic mass is 32.2. The Bertz CT molecular complexity index is 268. The Hall–Kier alpha value is -0.320. The largest absolute Gasteiger partial charge is 0.376 e. The molecule has 1 aromatic heterocycles. The lowest BCUT2D eigenvalue weighted by atomic mass is 10.3. The maximum atomic E-state index is 11.3. The molecule has 0 unspecified atom stereocenters. The minimum Gasteiger partial charge on any atom is -0.376 e. The number of rotatable bonds is 4. The van der Waals surface area contributed by atoms with Gasteiger partial charge in [-0.05, 0) is 18.4 Å². The Kier molecular flexibility index (Phi) is 3.78. The van der Waals surface area contributed by atoms with Crippen LogP contribution in [-0.2, 0) is 4.74 Å². The van der Waals surface area contributed by atoms with E-state index >= 15 is 0 Å². The van der Waals surface area contributed by atoms with Gasteiger partial charge in [-0.25, -0.2) is 0 Å². The van der Waals surface area contributed by atoms with Crippen LogP contribution in [-0.4, -0.2) is 25.8 Å². The number of methoxy groups -OCH3 is 1. The molecular weight excluding hydrogens is 192 g/mol. The molecule has 0 saturated carbocycles. The van der Waals surface area contributed by atoms with Gasteiger partial charge in [0.2, 0.25) is 0 Å². The van der Waals surface area contributed by atoms with Crippen LogP contribution in [0.25, 0.3) is 0 Å². The summed E-state index contributed by atoms with van der Waals surface area (Å²) < 4.78 is 5.91. The fourth-order valence-corrected chi connectivity index (χ4v) is 2.25. The number of thiophene rings is 1. The van der Waals surface area contributed by atoms with Crippen molar-refractivity contribution in [2.75, 3.05) is 20.0 Å². The number of hydrogen-bond donors (Lipinski definition) is 0. The van der Waals surface area contributed by atoms with E-state index in [9.17, 15) is 4.79 Å². The molecule has 1 rings (SSSR count). The van der Waals surface area contributed by atoms with Crippen molar-refractivity contribution in [3.8, 4) is 0 Å². The molecule has 4 heteroatoms. The molecule has 0 amide bonds. The quantitative estimate of drug-likeness (QED) is 0.553. The molecule has 0 saturated heterocycles. The van der Waals surface area contributed by atoms with Gasteiger partial charge in [-0.15, -0.1) is 23.1 Å². The molecule has 1 heterocycles. The topological polar surface area (TPSA) is 26.3 Å². The second-order valence-corrected chi connectivity index (χ2v) is 4.37. The van der Waals surface area contributed by atoms with E-state index in [4.69, 9.17) is 4.74 Å². The van der Waals surface area contributed by atoms with E-state index in [0.717, 1.165) is 9.09 Å². The molecule has 1 aromatic rings. The highest BCUT2D eigenvalue weighted by Crippen LogP contribution is 2.25. The second kappa shape index (κ2) is 4.64. The summed E-state index contributed by atoms with van der Waals surface area (Å²) in [6.07, 6.45) is 2.00. The number of ether oxygens (including phenoxy) is 1. The molecule has 0 fully saturated rings. The lowest BCUT2D eigenvalue weighted by Gasteiger charge is -1.93. The maximum absolute atomic E-state index is 11.3. The van der Waals surface area contributed by atoms with Crippen LogP contribution in [0.1, 0.15) is 9.67 Å². The van der Waals surface area contributed by atoms with Crippen LogP contribution in [0.4, 0.5) is 0 Å². The predicted molar refractivity (Wildman–Crippen MR) is 52.3 cm³/mol. The van der Waals surface area contributed by atoms with Crippen LogP contribution in [0.5, 0.6) is 0 Å². The first-order valence-electron chi connectivity index (χ1n) is 3.44. The van der Waals surface area contributed by atoms with Crippen molar-refractivity contribution in [2.24, 2.45) is 0 Å². The summed E-state index contributed by atoms with van der Waals surface area (Å²) in [5.74, 6) is 0.0581. The van der Waals surface area contributed by atoms with Crippen LogP contribution < -0.4 is 0 Å². The smallest absolute Gasteiger partial charge is 0.198 e. The first-order chi connectivity index (χ1) is 5.77. The monoisotopic (exact) mass is 202 g/mol. The molecule has 66 valence electrons. The summed E-state index contributed by atoms with van der Waals surface area (Å²) in [5, 5.41) is 0.